The van der Waals surface area contributed by atoms with Crippen molar-refractivity contribution < 1.29 is 8.42 Å². The number of benzene rings is 1. The normalized spacial score (nSPS) is 12.4. The number of nitrogens with one attached hydrogen (secondary N) is 2. The van der Waals surface area contributed by atoms with Gasteiger partial charge < -0.3 is 10.6 Å². The number of aliphatic imine (C=N–C) groups is 1. The number of nitrogens with zero attached hydrogens (tertiary/aromatic N) is 2. The second-order valence-electron chi connectivity index (χ2n) is 7.10. The monoisotopic (exact) mass is 524 g/mol. The van der Waals surface area contributed by atoms with Gasteiger partial charge in [-0.15, -0.1) is 24.0 Å². The molecule has 8 heteroatoms. The number of hydrogen-bond donors (Lipinski definition) is 2. The lowest BCUT2D eigenvalue weighted by Gasteiger charge is -2.30. The molecule has 0 aromatic heterocycles. The molecule has 1 rings (SSSR count). The number of halogens is 1. The van der Waals surface area contributed by atoms with Crippen LogP contribution in [0.3, 0.4) is 0 Å². The molecule has 0 saturated carbocycles. The minimum Gasteiger partial charge on any atom is -0.357 e. The van der Waals surface area contributed by atoms with Crippen LogP contribution in [0.25, 0.3) is 0 Å². The fraction of sp³-hybridized carbons (Fsp3) is 0.650. The Labute approximate surface area is 188 Å². The average Bonchev–Trinajstić information content (AvgIpc) is 2.62. The Balaban J connectivity index is 0.00000729. The molecule has 0 unspecified atom stereocenters. The topological polar surface area (TPSA) is 73.8 Å². The van der Waals surface area contributed by atoms with Crippen molar-refractivity contribution >= 4 is 39.8 Å². The van der Waals surface area contributed by atoms with Crippen molar-refractivity contribution in [3.05, 3.63) is 30.3 Å². The van der Waals surface area contributed by atoms with Gasteiger partial charge in [0.25, 0.3) is 0 Å². The van der Waals surface area contributed by atoms with Crippen molar-refractivity contribution in [1.29, 1.82) is 0 Å². The van der Waals surface area contributed by atoms with E-state index in [9.17, 15) is 8.42 Å². The van der Waals surface area contributed by atoms with Gasteiger partial charge in [-0.25, -0.2) is 8.42 Å². The first-order valence-electron chi connectivity index (χ1n) is 9.83. The molecular weight excluding hydrogens is 487 g/mol. The fourth-order valence-electron chi connectivity index (χ4n) is 2.95. The van der Waals surface area contributed by atoms with E-state index in [0.717, 1.165) is 25.6 Å². The van der Waals surface area contributed by atoms with Crippen LogP contribution < -0.4 is 10.6 Å². The van der Waals surface area contributed by atoms with E-state index in [1.54, 1.807) is 24.3 Å². The second-order valence-corrected chi connectivity index (χ2v) is 9.21. The smallest absolute Gasteiger partial charge is 0.191 e. The molecule has 0 atom stereocenters. The predicted octanol–water partition coefficient (Wildman–Crippen LogP) is 3.14. The molecule has 0 aliphatic rings. The van der Waals surface area contributed by atoms with E-state index in [0.29, 0.717) is 29.9 Å². The zero-order valence-electron chi connectivity index (χ0n) is 17.8. The molecule has 0 fully saturated rings. The Morgan fingerprint density at radius 3 is 2.21 bits per heavy atom. The summed E-state index contributed by atoms with van der Waals surface area (Å²) in [5.41, 5.74) is 0. The Hall–Kier alpha value is -0.870. The fourth-order valence-corrected chi connectivity index (χ4v) is 4.27. The highest BCUT2D eigenvalue weighted by Gasteiger charge is 2.14. The number of hydrogen-bond acceptors (Lipinski definition) is 4. The molecule has 0 radical (unpaired) electrons. The average molecular weight is 525 g/mol. The molecule has 2 N–H and O–H groups in total. The molecule has 28 heavy (non-hydrogen) atoms. The summed E-state index contributed by atoms with van der Waals surface area (Å²) in [5.74, 6) is 0.844. The summed E-state index contributed by atoms with van der Waals surface area (Å²) in [4.78, 5) is 7.30. The number of guanidine groups is 1. The van der Waals surface area contributed by atoms with Crippen LogP contribution in [-0.2, 0) is 9.84 Å². The third kappa shape index (κ3) is 10.1. The summed E-state index contributed by atoms with van der Waals surface area (Å²) in [6, 6.07) is 9.58. The van der Waals surface area contributed by atoms with Gasteiger partial charge in [-0.2, -0.15) is 0 Å². The molecule has 6 nitrogen and oxygen atoms in total. The minimum absolute atomic E-state index is 0. The van der Waals surface area contributed by atoms with Gasteiger partial charge >= 0.3 is 0 Å². The molecule has 1 aromatic carbocycles. The summed E-state index contributed by atoms with van der Waals surface area (Å²) in [5, 5.41) is 6.55. The van der Waals surface area contributed by atoms with Gasteiger partial charge in [0.05, 0.1) is 10.6 Å². The maximum Gasteiger partial charge on any atom is 0.191 e. The molecule has 0 spiro atoms. The molecular formula is C20H37IN4O2S. The Kier molecular flexibility index (Phi) is 13.7. The van der Waals surface area contributed by atoms with Crippen LogP contribution in [0.2, 0.25) is 0 Å². The van der Waals surface area contributed by atoms with Crippen LogP contribution in [0.5, 0.6) is 0 Å². The van der Waals surface area contributed by atoms with Crippen LogP contribution >= 0.6 is 24.0 Å². The van der Waals surface area contributed by atoms with E-state index in [1.807, 2.05) is 13.0 Å². The van der Waals surface area contributed by atoms with Crippen molar-refractivity contribution in [1.82, 2.24) is 15.5 Å². The van der Waals surface area contributed by atoms with Crippen molar-refractivity contribution in [2.75, 3.05) is 31.9 Å². The molecule has 0 aliphatic carbocycles. The SMILES string of the molecule is CCNC(=NCCCS(=O)(=O)c1ccccc1)NCCN(C(C)C)C(C)C.I. The standard InChI is InChI=1S/C20H36N4O2S.HI/c1-6-21-20(23-14-15-24(17(2)3)18(4)5)22-13-10-16-27(25,26)19-11-8-7-9-12-19;/h7-9,11-12,17-18H,6,10,13-16H2,1-5H3,(H2,21,22,23);1H. The molecule has 0 saturated heterocycles. The molecule has 0 amide bonds. The lowest BCUT2D eigenvalue weighted by Crippen LogP contribution is -2.45. The van der Waals surface area contributed by atoms with E-state index in [1.165, 1.54) is 0 Å². The Morgan fingerprint density at radius 2 is 1.68 bits per heavy atom. The third-order valence-corrected chi connectivity index (χ3v) is 6.09. The van der Waals surface area contributed by atoms with Gasteiger partial charge in [0.15, 0.2) is 15.8 Å². The van der Waals surface area contributed by atoms with E-state index in [2.05, 4.69) is 48.2 Å². The zero-order chi connectivity index (χ0) is 20.3. The Morgan fingerprint density at radius 1 is 1.07 bits per heavy atom. The van der Waals surface area contributed by atoms with E-state index in [-0.39, 0.29) is 29.7 Å². The van der Waals surface area contributed by atoms with Crippen molar-refractivity contribution in [3.8, 4) is 0 Å². The third-order valence-electron chi connectivity index (χ3n) is 4.28. The van der Waals surface area contributed by atoms with Crippen molar-refractivity contribution in [3.63, 3.8) is 0 Å². The maximum absolute atomic E-state index is 12.3. The second kappa shape index (κ2) is 14.2. The van der Waals surface area contributed by atoms with Crippen LogP contribution in [-0.4, -0.2) is 63.3 Å². The minimum atomic E-state index is -3.23. The van der Waals surface area contributed by atoms with Crippen LogP contribution in [0.1, 0.15) is 41.0 Å². The van der Waals surface area contributed by atoms with Crippen molar-refractivity contribution in [2.24, 2.45) is 4.99 Å². The highest BCUT2D eigenvalue weighted by atomic mass is 127. The molecule has 0 aliphatic heterocycles. The number of rotatable bonds is 11. The molecule has 162 valence electrons. The van der Waals surface area contributed by atoms with Crippen LogP contribution in [0.15, 0.2) is 40.2 Å². The van der Waals surface area contributed by atoms with Gasteiger partial charge in [0.2, 0.25) is 0 Å². The van der Waals surface area contributed by atoms with E-state index >= 15 is 0 Å². The molecule has 0 bridgehead atoms. The van der Waals surface area contributed by atoms with Crippen LogP contribution in [0.4, 0.5) is 0 Å². The molecule has 0 heterocycles. The summed E-state index contributed by atoms with van der Waals surface area (Å²) < 4.78 is 24.6. The van der Waals surface area contributed by atoms with Gasteiger partial charge in [-0.3, -0.25) is 9.89 Å². The summed E-state index contributed by atoms with van der Waals surface area (Å²) in [7, 11) is -3.23. The van der Waals surface area contributed by atoms with Gasteiger partial charge in [-0.1, -0.05) is 18.2 Å². The zero-order valence-corrected chi connectivity index (χ0v) is 21.0. The van der Waals surface area contributed by atoms with Gasteiger partial charge in [0.1, 0.15) is 0 Å². The lowest BCUT2D eigenvalue weighted by atomic mass is 10.2. The maximum atomic E-state index is 12.3. The quantitative estimate of drug-likeness (QED) is 0.202. The first-order valence-corrected chi connectivity index (χ1v) is 11.5. The number of sulfone groups is 1. The highest BCUT2D eigenvalue weighted by molar-refractivity contribution is 14.0. The van der Waals surface area contributed by atoms with Crippen molar-refractivity contribution in [2.45, 2.75) is 58.0 Å². The first-order chi connectivity index (χ1) is 12.8. The lowest BCUT2D eigenvalue weighted by molar-refractivity contribution is 0.178. The van der Waals surface area contributed by atoms with Gasteiger partial charge in [0, 0.05) is 38.3 Å². The highest BCUT2D eigenvalue weighted by Crippen LogP contribution is 2.11. The van der Waals surface area contributed by atoms with Crippen LogP contribution in [0, 0.1) is 0 Å². The van der Waals surface area contributed by atoms with E-state index < -0.39 is 9.84 Å². The first kappa shape index (κ1) is 27.1. The summed E-state index contributed by atoms with van der Waals surface area (Å²) in [6.07, 6.45) is 0.498. The largest absolute Gasteiger partial charge is 0.357 e. The summed E-state index contributed by atoms with van der Waals surface area (Å²) >= 11 is 0. The van der Waals surface area contributed by atoms with E-state index in [4.69, 9.17) is 0 Å². The molecule has 1 aromatic rings. The summed E-state index contributed by atoms with van der Waals surface area (Å²) in [6.45, 7) is 13.8. The van der Waals surface area contributed by atoms with Gasteiger partial charge in [-0.05, 0) is 53.2 Å². The Bertz CT molecular complexity index is 656. The predicted molar refractivity (Wildman–Crippen MR) is 129 cm³/mol.